The Bertz CT molecular complexity index is 628. The molecule has 9 nitrogen and oxygen atoms in total. The summed E-state index contributed by atoms with van der Waals surface area (Å²) in [6, 6.07) is 0.333. The third kappa shape index (κ3) is 6.82. The number of amides is 1. The van der Waals surface area contributed by atoms with E-state index in [9.17, 15) is 4.79 Å². The van der Waals surface area contributed by atoms with Crippen molar-refractivity contribution >= 4 is 11.9 Å². The zero-order chi connectivity index (χ0) is 19.9. The largest absolute Gasteiger partial charge is 0.358 e. The van der Waals surface area contributed by atoms with Crippen molar-refractivity contribution in [3.63, 3.8) is 0 Å². The molecule has 1 aromatic rings. The van der Waals surface area contributed by atoms with Gasteiger partial charge in [-0.3, -0.25) is 9.69 Å². The van der Waals surface area contributed by atoms with Gasteiger partial charge >= 0.3 is 0 Å². The molecule has 1 fully saturated rings. The lowest BCUT2D eigenvalue weighted by molar-refractivity contribution is -0.122. The Labute approximate surface area is 161 Å². The summed E-state index contributed by atoms with van der Waals surface area (Å²) in [4.78, 5) is 22.7. The predicted molar refractivity (Wildman–Crippen MR) is 104 cm³/mol. The lowest BCUT2D eigenvalue weighted by Gasteiger charge is -2.32. The van der Waals surface area contributed by atoms with E-state index < -0.39 is 0 Å². The van der Waals surface area contributed by atoms with Gasteiger partial charge in [-0.05, 0) is 19.8 Å². The molecule has 1 aliphatic rings. The van der Waals surface area contributed by atoms with Crippen molar-refractivity contribution in [3.05, 3.63) is 11.7 Å². The topological polar surface area (TPSA) is 108 Å². The minimum Gasteiger partial charge on any atom is -0.358 e. The highest BCUT2D eigenvalue weighted by molar-refractivity contribution is 5.80. The lowest BCUT2D eigenvalue weighted by atomic mass is 9.97. The molecule has 3 N–H and O–H groups in total. The van der Waals surface area contributed by atoms with Crippen LogP contribution >= 0.6 is 0 Å². The van der Waals surface area contributed by atoms with Gasteiger partial charge in [0.25, 0.3) is 0 Å². The summed E-state index contributed by atoms with van der Waals surface area (Å²) < 4.78 is 5.31. The summed E-state index contributed by atoms with van der Waals surface area (Å²) in [5.41, 5.74) is -0.166. The first-order valence-corrected chi connectivity index (χ1v) is 9.62. The number of rotatable bonds is 6. The summed E-state index contributed by atoms with van der Waals surface area (Å²) in [6.07, 6.45) is 1.94. The first-order valence-electron chi connectivity index (χ1n) is 9.62. The van der Waals surface area contributed by atoms with E-state index in [1.54, 1.807) is 7.05 Å². The van der Waals surface area contributed by atoms with Gasteiger partial charge in [-0.25, -0.2) is 4.99 Å². The minimum absolute atomic E-state index is 0.0612. The zero-order valence-electron chi connectivity index (χ0n) is 17.1. The number of carbonyl (C=O) groups is 1. The highest BCUT2D eigenvalue weighted by Crippen LogP contribution is 2.19. The number of likely N-dealkylation sites (tertiary alicyclic amines) is 1. The Kier molecular flexibility index (Phi) is 7.58. The molecule has 1 aliphatic heterocycles. The molecular weight excluding hydrogens is 346 g/mol. The van der Waals surface area contributed by atoms with Gasteiger partial charge in [-0.1, -0.05) is 25.9 Å². The fourth-order valence-electron chi connectivity index (χ4n) is 2.80. The molecular formula is C18H33N7O2. The van der Waals surface area contributed by atoms with Crippen LogP contribution in [-0.2, 0) is 16.8 Å². The highest BCUT2D eigenvalue weighted by Gasteiger charge is 2.23. The summed E-state index contributed by atoms with van der Waals surface area (Å²) >= 11 is 0. The minimum atomic E-state index is -0.166. The van der Waals surface area contributed by atoms with Crippen LogP contribution in [-0.4, -0.2) is 66.2 Å². The SMILES string of the molecule is CCNC(=NCc1noc(C(C)(C)C)n1)NC1CCN(CC(=O)NC)CC1. The van der Waals surface area contributed by atoms with E-state index in [-0.39, 0.29) is 11.3 Å². The van der Waals surface area contributed by atoms with E-state index in [4.69, 9.17) is 4.52 Å². The number of nitrogens with zero attached hydrogens (tertiary/aromatic N) is 4. The first-order chi connectivity index (χ1) is 12.8. The molecule has 1 aromatic heterocycles. The Morgan fingerprint density at radius 1 is 1.33 bits per heavy atom. The zero-order valence-corrected chi connectivity index (χ0v) is 17.1. The number of aliphatic imine (C=N–C) groups is 1. The van der Waals surface area contributed by atoms with Crippen molar-refractivity contribution in [2.45, 2.75) is 58.5 Å². The van der Waals surface area contributed by atoms with Crippen molar-refractivity contribution in [2.24, 2.45) is 4.99 Å². The number of piperidine rings is 1. The second kappa shape index (κ2) is 9.68. The fourth-order valence-corrected chi connectivity index (χ4v) is 2.80. The standard InChI is InChI=1S/C18H33N7O2/c1-6-20-17(21-11-14-23-16(27-24-14)18(2,3)4)22-13-7-9-25(10-8-13)12-15(26)19-5/h13H,6-12H2,1-5H3,(H,19,26)(H2,20,21,22). The Hall–Kier alpha value is -2.16. The lowest BCUT2D eigenvalue weighted by Crippen LogP contribution is -2.50. The summed E-state index contributed by atoms with van der Waals surface area (Å²) in [5.74, 6) is 2.02. The number of guanidine groups is 1. The second-order valence-electron chi connectivity index (χ2n) is 7.83. The average molecular weight is 380 g/mol. The number of carbonyl (C=O) groups excluding carboxylic acids is 1. The quantitative estimate of drug-likeness (QED) is 0.491. The maximum absolute atomic E-state index is 11.5. The van der Waals surface area contributed by atoms with Gasteiger partial charge in [0, 0.05) is 38.1 Å². The number of aromatic nitrogens is 2. The summed E-state index contributed by atoms with van der Waals surface area (Å²) in [6.45, 7) is 11.5. The van der Waals surface area contributed by atoms with Crippen LogP contribution in [0.5, 0.6) is 0 Å². The molecule has 1 saturated heterocycles. The van der Waals surface area contributed by atoms with Crippen LogP contribution in [0.3, 0.4) is 0 Å². The molecule has 0 unspecified atom stereocenters. The van der Waals surface area contributed by atoms with E-state index in [1.165, 1.54) is 0 Å². The van der Waals surface area contributed by atoms with Crippen LogP contribution in [0.25, 0.3) is 0 Å². The van der Waals surface area contributed by atoms with Crippen molar-refractivity contribution in [1.29, 1.82) is 0 Å². The summed E-state index contributed by atoms with van der Waals surface area (Å²) in [5, 5.41) is 13.4. The number of hydrogen-bond acceptors (Lipinski definition) is 6. The molecule has 152 valence electrons. The van der Waals surface area contributed by atoms with Gasteiger partial charge in [-0.2, -0.15) is 4.98 Å². The molecule has 0 saturated carbocycles. The number of likely N-dealkylation sites (N-methyl/N-ethyl adjacent to an activating group) is 1. The van der Waals surface area contributed by atoms with Gasteiger partial charge in [0.2, 0.25) is 11.8 Å². The maximum Gasteiger partial charge on any atom is 0.233 e. The molecule has 1 amide bonds. The molecule has 0 aliphatic carbocycles. The molecule has 0 aromatic carbocycles. The van der Waals surface area contributed by atoms with Crippen LogP contribution in [0.1, 0.15) is 52.3 Å². The van der Waals surface area contributed by atoms with E-state index in [0.717, 1.165) is 38.4 Å². The van der Waals surface area contributed by atoms with Gasteiger partial charge in [0.1, 0.15) is 6.54 Å². The molecule has 27 heavy (non-hydrogen) atoms. The van der Waals surface area contributed by atoms with Crippen LogP contribution in [0.15, 0.2) is 9.52 Å². The molecule has 0 atom stereocenters. The van der Waals surface area contributed by atoms with E-state index in [1.807, 2.05) is 27.7 Å². The van der Waals surface area contributed by atoms with Gasteiger partial charge in [0.15, 0.2) is 11.8 Å². The second-order valence-corrected chi connectivity index (χ2v) is 7.83. The molecule has 2 rings (SSSR count). The van der Waals surface area contributed by atoms with Crippen LogP contribution in [0, 0.1) is 0 Å². The molecule has 2 heterocycles. The fraction of sp³-hybridized carbons (Fsp3) is 0.778. The van der Waals surface area contributed by atoms with Gasteiger partial charge < -0.3 is 20.5 Å². The van der Waals surface area contributed by atoms with E-state index in [2.05, 4.69) is 36.0 Å². The Balaban J connectivity index is 1.87. The Morgan fingerprint density at radius 2 is 2.04 bits per heavy atom. The first kappa shape index (κ1) is 21.1. The number of nitrogens with one attached hydrogen (secondary N) is 3. The van der Waals surface area contributed by atoms with Crippen LogP contribution in [0.4, 0.5) is 0 Å². The Morgan fingerprint density at radius 3 is 2.59 bits per heavy atom. The van der Waals surface area contributed by atoms with Gasteiger partial charge in [-0.15, -0.1) is 0 Å². The van der Waals surface area contributed by atoms with Gasteiger partial charge in [0.05, 0.1) is 6.54 Å². The number of hydrogen-bond donors (Lipinski definition) is 3. The van der Waals surface area contributed by atoms with Crippen molar-refractivity contribution in [1.82, 2.24) is 31.0 Å². The van der Waals surface area contributed by atoms with Crippen LogP contribution < -0.4 is 16.0 Å². The third-order valence-corrected chi connectivity index (χ3v) is 4.41. The van der Waals surface area contributed by atoms with Crippen molar-refractivity contribution in [3.8, 4) is 0 Å². The maximum atomic E-state index is 11.5. The third-order valence-electron chi connectivity index (χ3n) is 4.41. The smallest absolute Gasteiger partial charge is 0.233 e. The van der Waals surface area contributed by atoms with Crippen molar-refractivity contribution < 1.29 is 9.32 Å². The van der Waals surface area contributed by atoms with Crippen LogP contribution in [0.2, 0.25) is 0 Å². The monoisotopic (exact) mass is 379 g/mol. The van der Waals surface area contributed by atoms with E-state index >= 15 is 0 Å². The molecule has 0 radical (unpaired) electrons. The molecule has 9 heteroatoms. The normalized spacial score (nSPS) is 17.0. The van der Waals surface area contributed by atoms with Crippen molar-refractivity contribution in [2.75, 3.05) is 33.2 Å². The predicted octanol–water partition coefficient (Wildman–Crippen LogP) is 0.633. The molecule has 0 bridgehead atoms. The highest BCUT2D eigenvalue weighted by atomic mass is 16.5. The van der Waals surface area contributed by atoms with E-state index in [0.29, 0.717) is 30.8 Å². The summed E-state index contributed by atoms with van der Waals surface area (Å²) in [7, 11) is 1.67. The average Bonchev–Trinajstić information content (AvgIpc) is 3.11. The molecule has 0 spiro atoms.